The maximum absolute atomic E-state index is 17.8. The van der Waals surface area contributed by atoms with Crippen LogP contribution in [0, 0.1) is 35.1 Å². The first-order valence-corrected chi connectivity index (χ1v) is 21.0. The number of allylic oxidation sites excluding steroid dienone is 8. The standard InChI is InChI=1S/2C17H16F2NO.2C5H5.Ti/c2*1-12(2)11-20(16-9-8-14(18)10-15(16)19)17(21)13-6-4-3-5-7-13;2*1-2-4-5-3-1;/h2*3-9,12H,11H2,1-2H3;2*1-3H,4H2;. The van der Waals surface area contributed by atoms with Gasteiger partial charge in [-0.3, -0.25) is 0 Å². The number of anilines is 2. The predicted octanol–water partition coefficient (Wildman–Crippen LogP) is 9.64. The quantitative estimate of drug-likeness (QED) is 0.107. The molecule has 4 nitrogen and oxygen atoms in total. The van der Waals surface area contributed by atoms with Gasteiger partial charge in [-0.15, -0.1) is 0 Å². The molecule has 0 spiro atoms. The van der Waals surface area contributed by atoms with Crippen LogP contribution in [0.25, 0.3) is 0 Å². The molecule has 2 aliphatic rings. The van der Waals surface area contributed by atoms with Gasteiger partial charge in [0.05, 0.1) is 0 Å². The zero-order valence-electron chi connectivity index (χ0n) is 30.3. The molecule has 2 aliphatic carbocycles. The SMILES string of the molecule is CC(C)CN(C(=O)c1ccccc1)c1ccc(F)[c]([Ti]([C]2=CC=CC2)([C]2=CC=CC2)[c]2c(F)ccc(N(CC(C)C)C(=O)c3ccccc3)c2F)c1F. The Balaban J connectivity index is 1.67. The Morgan fingerprint density at radius 1 is 0.585 bits per heavy atom. The second-order valence-electron chi connectivity index (χ2n) is 14.3. The topological polar surface area (TPSA) is 40.6 Å². The van der Waals surface area contributed by atoms with Crippen molar-refractivity contribution in [2.75, 3.05) is 22.9 Å². The van der Waals surface area contributed by atoms with Crippen LogP contribution in [0.2, 0.25) is 0 Å². The van der Waals surface area contributed by atoms with Crippen LogP contribution in [0.1, 0.15) is 61.3 Å². The first kappa shape index (κ1) is 38.0. The third-order valence-electron chi connectivity index (χ3n) is 9.61. The van der Waals surface area contributed by atoms with Crippen LogP contribution >= 0.6 is 0 Å². The van der Waals surface area contributed by atoms with Gasteiger partial charge in [0.1, 0.15) is 0 Å². The summed E-state index contributed by atoms with van der Waals surface area (Å²) < 4.78 is 69.7. The number of carbonyl (C=O) groups excluding carboxylic acids is 2. The van der Waals surface area contributed by atoms with Crippen LogP contribution in [0.15, 0.2) is 129 Å². The van der Waals surface area contributed by atoms with Gasteiger partial charge in [0.2, 0.25) is 0 Å². The van der Waals surface area contributed by atoms with Gasteiger partial charge in [0.15, 0.2) is 0 Å². The van der Waals surface area contributed by atoms with E-state index >= 15 is 17.6 Å². The molecule has 4 aromatic rings. The molecule has 0 fully saturated rings. The number of hydrogen-bond acceptors (Lipinski definition) is 2. The molecule has 4 aromatic carbocycles. The van der Waals surface area contributed by atoms with Gasteiger partial charge < -0.3 is 0 Å². The number of nitrogens with zero attached hydrogens (tertiary/aromatic N) is 2. The Labute approximate surface area is 312 Å². The summed E-state index contributed by atoms with van der Waals surface area (Å²) in [5, 5.41) is 0. The van der Waals surface area contributed by atoms with E-state index < -0.39 is 59.4 Å². The summed E-state index contributed by atoms with van der Waals surface area (Å²) in [7, 11) is 0. The van der Waals surface area contributed by atoms with Crippen molar-refractivity contribution in [3.8, 4) is 0 Å². The van der Waals surface area contributed by atoms with Gasteiger partial charge in [0, 0.05) is 0 Å². The Hall–Kier alpha value is -4.79. The summed E-state index contributed by atoms with van der Waals surface area (Å²) in [6.07, 6.45) is 11.0. The summed E-state index contributed by atoms with van der Waals surface area (Å²) in [5.74, 6) is -5.14. The fraction of sp³-hybridized carbons (Fsp3) is 0.227. The van der Waals surface area contributed by atoms with Crippen molar-refractivity contribution in [2.45, 2.75) is 40.5 Å². The van der Waals surface area contributed by atoms with Crippen molar-refractivity contribution >= 4 is 30.9 Å². The molecule has 0 heterocycles. The van der Waals surface area contributed by atoms with Crippen LogP contribution in [-0.4, -0.2) is 24.9 Å². The second-order valence-corrected chi connectivity index (χ2v) is 20.2. The average molecular weight is 755 g/mol. The third-order valence-corrected chi connectivity index (χ3v) is 17.5. The third kappa shape index (κ3) is 7.27. The summed E-state index contributed by atoms with van der Waals surface area (Å²) in [4.78, 5) is 30.7. The Bertz CT molecular complexity index is 1990. The molecule has 272 valence electrons. The molecule has 0 saturated carbocycles. The van der Waals surface area contributed by atoms with E-state index in [1.807, 2.05) is 39.8 Å². The van der Waals surface area contributed by atoms with Crippen molar-refractivity contribution in [3.05, 3.63) is 164 Å². The molecule has 53 heavy (non-hydrogen) atoms. The average Bonchev–Trinajstić information content (AvgIpc) is 3.89. The van der Waals surface area contributed by atoms with Gasteiger partial charge in [-0.05, 0) is 0 Å². The molecule has 0 aromatic heterocycles. The summed E-state index contributed by atoms with van der Waals surface area (Å²) in [6, 6.07) is 21.5. The van der Waals surface area contributed by atoms with E-state index in [-0.39, 0.29) is 49.1 Å². The number of amides is 2. The monoisotopic (exact) mass is 754 g/mol. The summed E-state index contributed by atoms with van der Waals surface area (Å²) >= 11 is -5.32. The number of carbonyl (C=O) groups is 2. The molecule has 9 heteroatoms. The van der Waals surface area contributed by atoms with Crippen LogP contribution < -0.4 is 17.5 Å². The van der Waals surface area contributed by atoms with Gasteiger partial charge in [-0.25, -0.2) is 0 Å². The molecular formula is C44H42F4N2O2Ti. The molecular weight excluding hydrogens is 712 g/mol. The van der Waals surface area contributed by atoms with E-state index in [4.69, 9.17) is 0 Å². The van der Waals surface area contributed by atoms with E-state index in [1.165, 1.54) is 21.9 Å². The van der Waals surface area contributed by atoms with Gasteiger partial charge in [-0.1, -0.05) is 0 Å². The molecule has 0 unspecified atom stereocenters. The van der Waals surface area contributed by atoms with E-state index in [1.54, 1.807) is 85.0 Å². The zero-order valence-corrected chi connectivity index (χ0v) is 31.8. The van der Waals surface area contributed by atoms with Gasteiger partial charge in [-0.2, -0.15) is 0 Å². The van der Waals surface area contributed by atoms with E-state index in [0.29, 0.717) is 18.9 Å². The van der Waals surface area contributed by atoms with Crippen molar-refractivity contribution in [3.63, 3.8) is 0 Å². The number of halogens is 4. The minimum absolute atomic E-state index is 0.105. The first-order chi connectivity index (χ1) is 25.5. The van der Waals surface area contributed by atoms with Crippen LogP contribution in [-0.2, 0) is 16.6 Å². The van der Waals surface area contributed by atoms with Crippen molar-refractivity contribution in [1.82, 2.24) is 0 Å². The van der Waals surface area contributed by atoms with Crippen molar-refractivity contribution < 1.29 is 43.7 Å². The molecule has 0 bridgehead atoms. The van der Waals surface area contributed by atoms with Crippen LogP contribution in [0.3, 0.4) is 0 Å². The predicted molar refractivity (Wildman–Crippen MR) is 202 cm³/mol. The Morgan fingerprint density at radius 2 is 0.962 bits per heavy atom. The molecule has 0 N–H and O–H groups in total. The van der Waals surface area contributed by atoms with E-state index in [2.05, 4.69) is 0 Å². The molecule has 0 radical (unpaired) electrons. The maximum atomic E-state index is 17.8. The molecule has 0 saturated heterocycles. The summed E-state index contributed by atoms with van der Waals surface area (Å²) in [6.45, 7) is 7.75. The normalized spacial score (nSPS) is 13.8. The van der Waals surface area contributed by atoms with Gasteiger partial charge in [0.25, 0.3) is 0 Å². The minimum atomic E-state index is -5.32. The van der Waals surface area contributed by atoms with Gasteiger partial charge >= 0.3 is 313 Å². The number of rotatable bonds is 12. The molecule has 6 rings (SSSR count). The fourth-order valence-electron chi connectivity index (χ4n) is 7.40. The second kappa shape index (κ2) is 16.1. The van der Waals surface area contributed by atoms with Crippen molar-refractivity contribution in [1.29, 1.82) is 0 Å². The van der Waals surface area contributed by atoms with E-state index in [9.17, 15) is 9.59 Å². The fourth-order valence-corrected chi connectivity index (χ4v) is 15.6. The molecule has 2 amide bonds. The van der Waals surface area contributed by atoms with Crippen LogP contribution in [0.4, 0.5) is 28.9 Å². The van der Waals surface area contributed by atoms with Crippen LogP contribution in [0.5, 0.6) is 0 Å². The molecule has 0 atom stereocenters. The zero-order chi connectivity index (χ0) is 37.9. The number of benzene rings is 4. The first-order valence-electron chi connectivity index (χ1n) is 17.9. The Kier molecular flexibility index (Phi) is 11.5. The van der Waals surface area contributed by atoms with Crippen molar-refractivity contribution in [2.24, 2.45) is 11.8 Å². The summed E-state index contributed by atoms with van der Waals surface area (Å²) in [5.41, 5.74) is 0.286. The van der Waals surface area contributed by atoms with E-state index in [0.717, 1.165) is 12.1 Å². The molecule has 0 aliphatic heterocycles. The number of hydrogen-bond donors (Lipinski definition) is 0. The Morgan fingerprint density at radius 3 is 1.28 bits per heavy atom.